The number of halogens is 1. The van der Waals surface area contributed by atoms with E-state index in [-0.39, 0.29) is 18.0 Å². The Morgan fingerprint density at radius 2 is 2.20 bits per heavy atom. The molecule has 2 atom stereocenters. The van der Waals surface area contributed by atoms with Crippen LogP contribution in [0.5, 0.6) is 0 Å². The summed E-state index contributed by atoms with van der Waals surface area (Å²) in [5, 5.41) is 4.01. The molecule has 0 aliphatic carbocycles. The number of amides is 1. The lowest BCUT2D eigenvalue weighted by Crippen LogP contribution is -2.44. The lowest BCUT2D eigenvalue weighted by Gasteiger charge is -2.29. The topological polar surface area (TPSA) is 41.6 Å². The van der Waals surface area contributed by atoms with Gasteiger partial charge in [-0.1, -0.05) is 23.7 Å². The molecule has 20 heavy (non-hydrogen) atoms. The molecule has 5 heteroatoms. The van der Waals surface area contributed by atoms with E-state index in [0.717, 1.165) is 18.7 Å². The van der Waals surface area contributed by atoms with Crippen molar-refractivity contribution in [3.63, 3.8) is 0 Å². The van der Waals surface area contributed by atoms with Crippen molar-refractivity contribution in [3.05, 3.63) is 34.9 Å². The molecule has 1 amide bonds. The summed E-state index contributed by atoms with van der Waals surface area (Å²) in [6.07, 6.45) is 0.467. The molecule has 1 saturated heterocycles. The fourth-order valence-corrected chi connectivity index (χ4v) is 2.41. The first-order valence-electron chi connectivity index (χ1n) is 6.90. The smallest absolute Gasteiger partial charge is 0.224 e. The van der Waals surface area contributed by atoms with E-state index in [2.05, 4.69) is 5.32 Å². The van der Waals surface area contributed by atoms with Crippen molar-refractivity contribution in [2.45, 2.75) is 25.4 Å². The molecule has 0 bridgehead atoms. The third-order valence-electron chi connectivity index (χ3n) is 3.75. The van der Waals surface area contributed by atoms with Crippen LogP contribution in [-0.4, -0.2) is 43.7 Å². The van der Waals surface area contributed by atoms with Gasteiger partial charge in [0.05, 0.1) is 19.3 Å². The van der Waals surface area contributed by atoms with E-state index in [1.54, 1.807) is 4.90 Å². The molecule has 1 aliphatic rings. The summed E-state index contributed by atoms with van der Waals surface area (Å²) in [5.74, 6) is 0.121. The van der Waals surface area contributed by atoms with Gasteiger partial charge in [-0.25, -0.2) is 0 Å². The standard InChI is InChI=1S/C15H21ClN2O2/c1-11(12-3-5-13(16)6-4-12)18(2)15(19)9-14-10-20-8-7-17-14/h3-6,11,14,17H,7-10H2,1-2H3. The average molecular weight is 297 g/mol. The molecule has 0 aromatic heterocycles. The van der Waals surface area contributed by atoms with Crippen LogP contribution in [0.1, 0.15) is 24.9 Å². The number of rotatable bonds is 4. The normalized spacial score (nSPS) is 20.4. The van der Waals surface area contributed by atoms with Gasteiger partial charge >= 0.3 is 0 Å². The summed E-state index contributed by atoms with van der Waals surface area (Å²) in [6, 6.07) is 7.77. The highest BCUT2D eigenvalue weighted by Crippen LogP contribution is 2.21. The number of carbonyl (C=O) groups is 1. The van der Waals surface area contributed by atoms with Gasteiger partial charge in [-0.2, -0.15) is 0 Å². The Labute approximate surface area is 125 Å². The van der Waals surface area contributed by atoms with E-state index in [4.69, 9.17) is 16.3 Å². The summed E-state index contributed by atoms with van der Waals surface area (Å²) in [4.78, 5) is 14.1. The molecule has 4 nitrogen and oxygen atoms in total. The Bertz CT molecular complexity index is 444. The second kappa shape index (κ2) is 7.07. The number of ether oxygens (including phenoxy) is 1. The summed E-state index contributed by atoms with van der Waals surface area (Å²) in [7, 11) is 1.84. The van der Waals surface area contributed by atoms with Crippen molar-refractivity contribution in [1.82, 2.24) is 10.2 Å². The second-order valence-corrected chi connectivity index (χ2v) is 5.60. The molecule has 0 spiro atoms. The molecule has 0 radical (unpaired) electrons. The number of carbonyl (C=O) groups excluding carboxylic acids is 1. The summed E-state index contributed by atoms with van der Waals surface area (Å²) < 4.78 is 5.37. The van der Waals surface area contributed by atoms with Crippen molar-refractivity contribution in [3.8, 4) is 0 Å². The van der Waals surface area contributed by atoms with Gasteiger partial charge in [0.25, 0.3) is 0 Å². The lowest BCUT2D eigenvalue weighted by molar-refractivity contribution is -0.133. The SMILES string of the molecule is CC(c1ccc(Cl)cc1)N(C)C(=O)CC1COCCN1. The third kappa shape index (κ3) is 3.95. The molecule has 2 rings (SSSR count). The van der Waals surface area contributed by atoms with E-state index in [0.29, 0.717) is 18.1 Å². The first-order chi connectivity index (χ1) is 9.58. The highest BCUT2D eigenvalue weighted by molar-refractivity contribution is 6.30. The largest absolute Gasteiger partial charge is 0.378 e. The van der Waals surface area contributed by atoms with Crippen LogP contribution in [0.25, 0.3) is 0 Å². The van der Waals surface area contributed by atoms with Crippen LogP contribution < -0.4 is 5.32 Å². The molecule has 1 heterocycles. The minimum atomic E-state index is 0.0317. The number of nitrogens with one attached hydrogen (secondary N) is 1. The summed E-state index contributed by atoms with van der Waals surface area (Å²) >= 11 is 5.88. The number of benzene rings is 1. The predicted molar refractivity (Wildman–Crippen MR) is 79.9 cm³/mol. The van der Waals surface area contributed by atoms with Gasteiger partial charge < -0.3 is 15.0 Å². The molecule has 0 saturated carbocycles. The number of hydrogen-bond donors (Lipinski definition) is 1. The third-order valence-corrected chi connectivity index (χ3v) is 4.00. The maximum absolute atomic E-state index is 12.3. The van der Waals surface area contributed by atoms with Crippen molar-refractivity contribution in [2.75, 3.05) is 26.8 Å². The van der Waals surface area contributed by atoms with E-state index in [1.807, 2.05) is 38.2 Å². The van der Waals surface area contributed by atoms with Crippen LogP contribution in [0.15, 0.2) is 24.3 Å². The first-order valence-corrected chi connectivity index (χ1v) is 7.28. The van der Waals surface area contributed by atoms with Crippen LogP contribution in [0, 0.1) is 0 Å². The highest BCUT2D eigenvalue weighted by atomic mass is 35.5. The number of hydrogen-bond acceptors (Lipinski definition) is 3. The van der Waals surface area contributed by atoms with Gasteiger partial charge in [-0.05, 0) is 24.6 Å². The van der Waals surface area contributed by atoms with Gasteiger partial charge in [0.15, 0.2) is 0 Å². The minimum Gasteiger partial charge on any atom is -0.378 e. The van der Waals surface area contributed by atoms with E-state index < -0.39 is 0 Å². The van der Waals surface area contributed by atoms with Crippen LogP contribution in [0.3, 0.4) is 0 Å². The number of morpholine rings is 1. The lowest BCUT2D eigenvalue weighted by atomic mass is 10.1. The number of nitrogens with zero attached hydrogens (tertiary/aromatic N) is 1. The zero-order valence-electron chi connectivity index (χ0n) is 11.9. The van der Waals surface area contributed by atoms with Gasteiger partial charge in [0.1, 0.15) is 0 Å². The molecule has 110 valence electrons. The zero-order chi connectivity index (χ0) is 14.5. The van der Waals surface area contributed by atoms with Gasteiger partial charge in [-0.15, -0.1) is 0 Å². The average Bonchev–Trinajstić information content (AvgIpc) is 2.47. The van der Waals surface area contributed by atoms with Crippen LogP contribution >= 0.6 is 11.6 Å². The highest BCUT2D eigenvalue weighted by Gasteiger charge is 2.22. The quantitative estimate of drug-likeness (QED) is 0.926. The van der Waals surface area contributed by atoms with Crippen LogP contribution in [0.2, 0.25) is 5.02 Å². The molecular formula is C15H21ClN2O2. The second-order valence-electron chi connectivity index (χ2n) is 5.16. The Kier molecular flexibility index (Phi) is 5.40. The Balaban J connectivity index is 1.93. The fourth-order valence-electron chi connectivity index (χ4n) is 2.29. The van der Waals surface area contributed by atoms with E-state index in [9.17, 15) is 4.79 Å². The van der Waals surface area contributed by atoms with Gasteiger partial charge in [-0.3, -0.25) is 4.79 Å². The molecule has 1 aliphatic heterocycles. The van der Waals surface area contributed by atoms with Gasteiger partial charge in [0.2, 0.25) is 5.91 Å². The van der Waals surface area contributed by atoms with Crippen molar-refractivity contribution in [1.29, 1.82) is 0 Å². The fraction of sp³-hybridized carbons (Fsp3) is 0.533. The van der Waals surface area contributed by atoms with Crippen LogP contribution in [-0.2, 0) is 9.53 Å². The van der Waals surface area contributed by atoms with Crippen molar-refractivity contribution < 1.29 is 9.53 Å². The van der Waals surface area contributed by atoms with Crippen molar-refractivity contribution in [2.24, 2.45) is 0 Å². The van der Waals surface area contributed by atoms with E-state index >= 15 is 0 Å². The van der Waals surface area contributed by atoms with Crippen LogP contribution in [0.4, 0.5) is 0 Å². The molecular weight excluding hydrogens is 276 g/mol. The Morgan fingerprint density at radius 3 is 2.80 bits per heavy atom. The summed E-state index contributed by atoms with van der Waals surface area (Å²) in [6.45, 7) is 4.16. The molecule has 1 aromatic rings. The molecule has 1 N–H and O–H groups in total. The Hall–Kier alpha value is -1.10. The predicted octanol–water partition coefficient (Wildman–Crippen LogP) is 2.24. The Morgan fingerprint density at radius 1 is 1.50 bits per heavy atom. The molecule has 1 fully saturated rings. The van der Waals surface area contributed by atoms with Gasteiger partial charge in [0, 0.05) is 31.1 Å². The monoisotopic (exact) mass is 296 g/mol. The maximum Gasteiger partial charge on any atom is 0.224 e. The zero-order valence-corrected chi connectivity index (χ0v) is 12.7. The first kappa shape index (κ1) is 15.3. The molecule has 2 unspecified atom stereocenters. The van der Waals surface area contributed by atoms with E-state index in [1.165, 1.54) is 0 Å². The summed E-state index contributed by atoms with van der Waals surface area (Å²) in [5.41, 5.74) is 1.08. The molecule has 1 aromatic carbocycles. The maximum atomic E-state index is 12.3. The van der Waals surface area contributed by atoms with Crippen molar-refractivity contribution >= 4 is 17.5 Å². The minimum absolute atomic E-state index is 0.0317.